The minimum atomic E-state index is -0.925. The number of hydrogen-bond donors (Lipinski definition) is 1. The molecule has 3 atom stereocenters. The molecule has 1 N–H and O–H groups in total. The number of imide groups is 1. The van der Waals surface area contributed by atoms with Crippen LogP contribution in [-0.2, 0) is 19.1 Å². The summed E-state index contributed by atoms with van der Waals surface area (Å²) in [6.07, 6.45) is 0.770. The topological polar surface area (TPSA) is 87.2 Å². The molecular weight excluding hydrogens is 276 g/mol. The van der Waals surface area contributed by atoms with Crippen molar-refractivity contribution in [3.63, 3.8) is 0 Å². The van der Waals surface area contributed by atoms with Crippen LogP contribution < -0.4 is 0 Å². The maximum atomic E-state index is 12.5. The molecule has 0 aliphatic carbocycles. The molecule has 0 radical (unpaired) electrons. The van der Waals surface area contributed by atoms with Crippen LogP contribution in [-0.4, -0.2) is 70.6 Å². The van der Waals surface area contributed by atoms with E-state index < -0.39 is 12.0 Å². The van der Waals surface area contributed by atoms with Crippen LogP contribution in [0.15, 0.2) is 0 Å². The minimum Gasteiger partial charge on any atom is -0.481 e. The quantitative estimate of drug-likeness (QED) is 0.724. The average molecular weight is 298 g/mol. The fourth-order valence-electron chi connectivity index (χ4n) is 2.99. The highest BCUT2D eigenvalue weighted by molar-refractivity contribution is 6.05. The smallest absolute Gasteiger partial charge is 0.305 e. The van der Waals surface area contributed by atoms with Crippen molar-refractivity contribution < 1.29 is 24.2 Å². The zero-order chi connectivity index (χ0) is 15.6. The Kier molecular flexibility index (Phi) is 4.95. The summed E-state index contributed by atoms with van der Waals surface area (Å²) in [6.45, 7) is 5.01. The zero-order valence-electron chi connectivity index (χ0n) is 12.4. The Bertz CT molecular complexity index is 439. The molecular formula is C14H22N2O5. The lowest BCUT2D eigenvalue weighted by Crippen LogP contribution is -2.54. The van der Waals surface area contributed by atoms with E-state index in [0.29, 0.717) is 19.6 Å². The van der Waals surface area contributed by atoms with Gasteiger partial charge in [-0.15, -0.1) is 0 Å². The summed E-state index contributed by atoms with van der Waals surface area (Å²) in [7, 11) is 0. The lowest BCUT2D eigenvalue weighted by Gasteiger charge is -2.37. The summed E-state index contributed by atoms with van der Waals surface area (Å²) in [6, 6.07) is -1.01. The van der Waals surface area contributed by atoms with Gasteiger partial charge in [-0.2, -0.15) is 0 Å². The molecule has 7 nitrogen and oxygen atoms in total. The van der Waals surface area contributed by atoms with Crippen LogP contribution in [0.5, 0.6) is 0 Å². The standard InChI is InChI=1S/C14H22N2O5/c1-3-9(2)16-12(17)7-11(14(16)20)15-4-5-21-8-10(15)6-13(18)19/h9-11H,3-8H2,1-2H3,(H,18,19). The number of likely N-dealkylation sites (tertiary alicyclic amines) is 1. The molecule has 0 bridgehead atoms. The molecule has 3 unspecified atom stereocenters. The number of carbonyl (C=O) groups excluding carboxylic acids is 2. The van der Waals surface area contributed by atoms with Crippen molar-refractivity contribution in [2.75, 3.05) is 19.8 Å². The van der Waals surface area contributed by atoms with Crippen LogP contribution in [0.1, 0.15) is 33.1 Å². The van der Waals surface area contributed by atoms with Gasteiger partial charge >= 0.3 is 5.97 Å². The lowest BCUT2D eigenvalue weighted by molar-refractivity contribution is -0.146. The van der Waals surface area contributed by atoms with Gasteiger partial charge in [-0.3, -0.25) is 24.2 Å². The van der Waals surface area contributed by atoms with E-state index in [4.69, 9.17) is 9.84 Å². The van der Waals surface area contributed by atoms with Crippen LogP contribution in [0.2, 0.25) is 0 Å². The van der Waals surface area contributed by atoms with E-state index >= 15 is 0 Å². The summed E-state index contributed by atoms with van der Waals surface area (Å²) in [4.78, 5) is 38.7. The molecule has 2 fully saturated rings. The second-order valence-corrected chi connectivity index (χ2v) is 5.64. The highest BCUT2D eigenvalue weighted by Crippen LogP contribution is 2.26. The van der Waals surface area contributed by atoms with Crippen LogP contribution >= 0.6 is 0 Å². The van der Waals surface area contributed by atoms with Crippen molar-refractivity contribution in [3.05, 3.63) is 0 Å². The van der Waals surface area contributed by atoms with Gasteiger partial charge in [0.1, 0.15) is 0 Å². The van der Waals surface area contributed by atoms with Gasteiger partial charge in [0.15, 0.2) is 0 Å². The van der Waals surface area contributed by atoms with Crippen molar-refractivity contribution >= 4 is 17.8 Å². The van der Waals surface area contributed by atoms with Gasteiger partial charge in [0, 0.05) is 18.6 Å². The van der Waals surface area contributed by atoms with Gasteiger partial charge in [-0.05, 0) is 13.3 Å². The van der Waals surface area contributed by atoms with E-state index in [-0.39, 0.29) is 43.3 Å². The Morgan fingerprint density at radius 1 is 1.48 bits per heavy atom. The predicted molar refractivity (Wildman–Crippen MR) is 73.6 cm³/mol. The molecule has 0 spiro atoms. The fourth-order valence-corrected chi connectivity index (χ4v) is 2.99. The summed E-state index contributed by atoms with van der Waals surface area (Å²) in [5.41, 5.74) is 0. The number of amides is 2. The number of nitrogens with zero attached hydrogens (tertiary/aromatic N) is 2. The number of carboxylic acid groups (broad SMARTS) is 1. The lowest BCUT2D eigenvalue weighted by atomic mass is 10.1. The van der Waals surface area contributed by atoms with E-state index in [0.717, 1.165) is 0 Å². The number of morpholine rings is 1. The predicted octanol–water partition coefficient (Wildman–Crippen LogP) is 0.0879. The van der Waals surface area contributed by atoms with Crippen LogP contribution in [0.4, 0.5) is 0 Å². The molecule has 0 aromatic carbocycles. The Balaban J connectivity index is 2.14. The van der Waals surface area contributed by atoms with Crippen LogP contribution in [0, 0.1) is 0 Å². The summed E-state index contributed by atoms with van der Waals surface area (Å²) in [5, 5.41) is 8.98. The minimum absolute atomic E-state index is 0.0820. The van der Waals surface area contributed by atoms with Crippen LogP contribution in [0.25, 0.3) is 0 Å². The molecule has 2 heterocycles. The number of hydrogen-bond acceptors (Lipinski definition) is 5. The van der Waals surface area contributed by atoms with E-state index in [1.807, 2.05) is 18.7 Å². The highest BCUT2D eigenvalue weighted by atomic mass is 16.5. The first-order chi connectivity index (χ1) is 9.95. The zero-order valence-corrected chi connectivity index (χ0v) is 12.4. The van der Waals surface area contributed by atoms with Crippen molar-refractivity contribution in [1.82, 2.24) is 9.80 Å². The van der Waals surface area contributed by atoms with Gasteiger partial charge in [-0.1, -0.05) is 6.92 Å². The highest BCUT2D eigenvalue weighted by Gasteiger charge is 2.46. The molecule has 7 heteroatoms. The first-order valence-electron chi connectivity index (χ1n) is 7.36. The summed E-state index contributed by atoms with van der Waals surface area (Å²) < 4.78 is 5.32. The van der Waals surface area contributed by atoms with E-state index in [9.17, 15) is 14.4 Å². The Hall–Kier alpha value is -1.47. The number of rotatable bonds is 5. The number of aliphatic carboxylic acids is 1. The third-order valence-corrected chi connectivity index (χ3v) is 4.27. The monoisotopic (exact) mass is 298 g/mol. The average Bonchev–Trinajstić information content (AvgIpc) is 2.73. The summed E-state index contributed by atoms with van der Waals surface area (Å²) in [5.74, 6) is -1.29. The second-order valence-electron chi connectivity index (χ2n) is 5.64. The third kappa shape index (κ3) is 3.24. The molecule has 2 amide bonds. The van der Waals surface area contributed by atoms with Crippen molar-refractivity contribution in [3.8, 4) is 0 Å². The number of carbonyl (C=O) groups is 3. The van der Waals surface area contributed by atoms with Gasteiger partial charge in [0.2, 0.25) is 11.8 Å². The normalized spacial score (nSPS) is 29.0. The third-order valence-electron chi connectivity index (χ3n) is 4.27. The van der Waals surface area contributed by atoms with E-state index in [1.54, 1.807) is 0 Å². The van der Waals surface area contributed by atoms with Crippen molar-refractivity contribution in [2.24, 2.45) is 0 Å². The summed E-state index contributed by atoms with van der Waals surface area (Å²) >= 11 is 0. The molecule has 2 aliphatic rings. The number of carboxylic acids is 1. The van der Waals surface area contributed by atoms with Gasteiger partial charge < -0.3 is 9.84 Å². The first-order valence-corrected chi connectivity index (χ1v) is 7.36. The molecule has 118 valence electrons. The Morgan fingerprint density at radius 2 is 2.19 bits per heavy atom. The van der Waals surface area contributed by atoms with Gasteiger partial charge in [0.05, 0.1) is 32.1 Å². The Morgan fingerprint density at radius 3 is 2.81 bits per heavy atom. The van der Waals surface area contributed by atoms with Crippen LogP contribution in [0.3, 0.4) is 0 Å². The van der Waals surface area contributed by atoms with Crippen molar-refractivity contribution in [1.29, 1.82) is 0 Å². The maximum absolute atomic E-state index is 12.5. The molecule has 2 aliphatic heterocycles. The van der Waals surface area contributed by atoms with E-state index in [2.05, 4.69) is 0 Å². The molecule has 2 rings (SSSR count). The molecule has 2 saturated heterocycles. The van der Waals surface area contributed by atoms with Gasteiger partial charge in [-0.25, -0.2) is 0 Å². The van der Waals surface area contributed by atoms with Crippen molar-refractivity contribution in [2.45, 2.75) is 51.2 Å². The van der Waals surface area contributed by atoms with E-state index in [1.165, 1.54) is 4.90 Å². The Labute approximate surface area is 123 Å². The SMILES string of the molecule is CCC(C)N1C(=O)CC(N2CCOCC2CC(=O)O)C1=O. The molecule has 0 aromatic heterocycles. The second kappa shape index (κ2) is 6.53. The largest absolute Gasteiger partial charge is 0.481 e. The molecule has 0 saturated carbocycles. The molecule has 0 aromatic rings. The first kappa shape index (κ1) is 15.9. The molecule has 21 heavy (non-hydrogen) atoms. The maximum Gasteiger partial charge on any atom is 0.305 e. The van der Waals surface area contributed by atoms with Gasteiger partial charge in [0.25, 0.3) is 0 Å². The fraction of sp³-hybridized carbons (Fsp3) is 0.786. The number of ether oxygens (including phenoxy) is 1.